The molecule has 21 heavy (non-hydrogen) atoms. The highest BCUT2D eigenvalue weighted by molar-refractivity contribution is 6.02. The maximum absolute atomic E-state index is 12.0. The van der Waals surface area contributed by atoms with Gasteiger partial charge in [0.05, 0.1) is 0 Å². The summed E-state index contributed by atoms with van der Waals surface area (Å²) in [5.41, 5.74) is 5.37. The summed E-state index contributed by atoms with van der Waals surface area (Å²) in [5.74, 6) is -0.105. The van der Waals surface area contributed by atoms with Crippen LogP contribution in [0.2, 0.25) is 0 Å². The molecule has 0 aliphatic heterocycles. The van der Waals surface area contributed by atoms with Gasteiger partial charge in [0.1, 0.15) is 0 Å². The van der Waals surface area contributed by atoms with E-state index in [2.05, 4.69) is 24.4 Å². The summed E-state index contributed by atoms with van der Waals surface area (Å²) in [4.78, 5) is 12.0. The van der Waals surface area contributed by atoms with Crippen LogP contribution in [0.1, 0.15) is 29.2 Å². The molecule has 0 heterocycles. The molecule has 0 aliphatic rings. The highest BCUT2D eigenvalue weighted by atomic mass is 16.1. The molecule has 0 fully saturated rings. The fourth-order valence-corrected chi connectivity index (χ4v) is 2.21. The lowest BCUT2D eigenvalue weighted by Crippen LogP contribution is -2.10. The van der Waals surface area contributed by atoms with Gasteiger partial charge in [-0.25, -0.2) is 0 Å². The molecule has 0 saturated heterocycles. The van der Waals surface area contributed by atoms with E-state index in [1.807, 2.05) is 50.3 Å². The van der Waals surface area contributed by atoms with Crippen LogP contribution in [-0.2, 0) is 11.2 Å². The zero-order valence-electron chi connectivity index (χ0n) is 12.8. The van der Waals surface area contributed by atoms with Gasteiger partial charge in [-0.15, -0.1) is 0 Å². The molecule has 2 heteroatoms. The number of nitrogens with one attached hydrogen (secondary N) is 1. The van der Waals surface area contributed by atoms with Crippen LogP contribution in [0.3, 0.4) is 0 Å². The number of carbonyl (C=O) groups excluding carboxylic acids is 1. The highest BCUT2D eigenvalue weighted by Crippen LogP contribution is 2.19. The fraction of sp³-hybridized carbons (Fsp3) is 0.211. The van der Waals surface area contributed by atoms with Gasteiger partial charge in [0.2, 0.25) is 5.91 Å². The van der Waals surface area contributed by atoms with Gasteiger partial charge in [-0.1, -0.05) is 49.4 Å². The molecule has 0 aromatic heterocycles. The molecule has 0 radical (unpaired) electrons. The zero-order chi connectivity index (χ0) is 15.2. The van der Waals surface area contributed by atoms with Crippen LogP contribution < -0.4 is 5.32 Å². The maximum atomic E-state index is 12.0. The van der Waals surface area contributed by atoms with Crippen molar-refractivity contribution in [3.05, 3.63) is 70.8 Å². The van der Waals surface area contributed by atoms with Gasteiger partial charge in [-0.05, 0) is 48.6 Å². The molecule has 108 valence electrons. The largest absolute Gasteiger partial charge is 0.322 e. The second-order valence-corrected chi connectivity index (χ2v) is 5.18. The Bertz CT molecular complexity index is 634. The minimum atomic E-state index is -0.105. The summed E-state index contributed by atoms with van der Waals surface area (Å²) in [6.45, 7) is 6.12. The smallest absolute Gasteiger partial charge is 0.248 e. The number of para-hydroxylation sites is 1. The number of aryl methyl sites for hydroxylation is 3. The average molecular weight is 279 g/mol. The molecule has 1 N–H and O–H groups in total. The van der Waals surface area contributed by atoms with E-state index in [1.54, 1.807) is 6.08 Å². The van der Waals surface area contributed by atoms with Gasteiger partial charge in [0.25, 0.3) is 0 Å². The third kappa shape index (κ3) is 4.06. The van der Waals surface area contributed by atoms with Crippen LogP contribution in [0.15, 0.2) is 48.5 Å². The monoisotopic (exact) mass is 279 g/mol. The van der Waals surface area contributed by atoms with E-state index in [-0.39, 0.29) is 5.91 Å². The Kier molecular flexibility index (Phi) is 4.94. The first-order valence-corrected chi connectivity index (χ1v) is 7.24. The van der Waals surface area contributed by atoms with Crippen molar-refractivity contribution in [1.29, 1.82) is 0 Å². The molecule has 2 aromatic rings. The van der Waals surface area contributed by atoms with E-state index in [4.69, 9.17) is 0 Å². The molecule has 2 nitrogen and oxygen atoms in total. The summed E-state index contributed by atoms with van der Waals surface area (Å²) in [6.07, 6.45) is 4.44. The molecule has 0 unspecified atom stereocenters. The molecule has 0 bridgehead atoms. The summed E-state index contributed by atoms with van der Waals surface area (Å²) in [6, 6.07) is 14.2. The van der Waals surface area contributed by atoms with Crippen molar-refractivity contribution in [1.82, 2.24) is 0 Å². The number of amides is 1. The van der Waals surface area contributed by atoms with Gasteiger partial charge in [-0.2, -0.15) is 0 Å². The van der Waals surface area contributed by atoms with E-state index in [9.17, 15) is 4.79 Å². The molecular formula is C19H21NO. The third-order valence-corrected chi connectivity index (χ3v) is 3.54. The number of rotatable bonds is 4. The first-order valence-electron chi connectivity index (χ1n) is 7.24. The van der Waals surface area contributed by atoms with Crippen LogP contribution in [0.4, 0.5) is 5.69 Å². The Morgan fingerprint density at radius 2 is 1.67 bits per heavy atom. The van der Waals surface area contributed by atoms with Gasteiger partial charge in [0.15, 0.2) is 0 Å². The Balaban J connectivity index is 2.05. The topological polar surface area (TPSA) is 29.1 Å². The molecule has 2 rings (SSSR count). The number of hydrogen-bond acceptors (Lipinski definition) is 1. The quantitative estimate of drug-likeness (QED) is 0.819. The minimum Gasteiger partial charge on any atom is -0.322 e. The van der Waals surface area contributed by atoms with E-state index in [0.29, 0.717) is 0 Å². The Labute approximate surface area is 126 Å². The van der Waals surface area contributed by atoms with E-state index < -0.39 is 0 Å². The summed E-state index contributed by atoms with van der Waals surface area (Å²) < 4.78 is 0. The molecule has 0 aliphatic carbocycles. The van der Waals surface area contributed by atoms with Gasteiger partial charge in [0, 0.05) is 11.8 Å². The van der Waals surface area contributed by atoms with Crippen LogP contribution in [-0.4, -0.2) is 5.91 Å². The maximum Gasteiger partial charge on any atom is 0.248 e. The first kappa shape index (κ1) is 15.0. The fourth-order valence-electron chi connectivity index (χ4n) is 2.21. The predicted octanol–water partition coefficient (Wildman–Crippen LogP) is 4.52. The summed E-state index contributed by atoms with van der Waals surface area (Å²) in [5, 5.41) is 2.95. The van der Waals surface area contributed by atoms with Crippen molar-refractivity contribution in [2.24, 2.45) is 0 Å². The Morgan fingerprint density at radius 1 is 1.05 bits per heavy atom. The van der Waals surface area contributed by atoms with Crippen molar-refractivity contribution in [2.75, 3.05) is 5.32 Å². The second kappa shape index (κ2) is 6.89. The van der Waals surface area contributed by atoms with Crippen LogP contribution in [0, 0.1) is 13.8 Å². The Hall–Kier alpha value is -2.35. The normalized spacial score (nSPS) is 10.8. The number of carbonyl (C=O) groups is 1. The van der Waals surface area contributed by atoms with Crippen LogP contribution >= 0.6 is 0 Å². The van der Waals surface area contributed by atoms with Crippen molar-refractivity contribution < 1.29 is 4.79 Å². The molecule has 0 atom stereocenters. The van der Waals surface area contributed by atoms with E-state index in [1.165, 1.54) is 5.56 Å². The van der Waals surface area contributed by atoms with Crippen molar-refractivity contribution in [3.63, 3.8) is 0 Å². The number of anilines is 1. The van der Waals surface area contributed by atoms with Gasteiger partial charge in [-0.3, -0.25) is 4.79 Å². The van der Waals surface area contributed by atoms with E-state index >= 15 is 0 Å². The summed E-state index contributed by atoms with van der Waals surface area (Å²) in [7, 11) is 0. The molecular weight excluding hydrogens is 258 g/mol. The van der Waals surface area contributed by atoms with Gasteiger partial charge < -0.3 is 5.32 Å². The lowest BCUT2D eigenvalue weighted by Gasteiger charge is -2.09. The Morgan fingerprint density at radius 3 is 2.24 bits per heavy atom. The van der Waals surface area contributed by atoms with Gasteiger partial charge >= 0.3 is 0 Å². The lowest BCUT2D eigenvalue weighted by molar-refractivity contribution is -0.111. The van der Waals surface area contributed by atoms with Crippen molar-refractivity contribution in [2.45, 2.75) is 27.2 Å². The summed E-state index contributed by atoms with van der Waals surface area (Å²) >= 11 is 0. The second-order valence-electron chi connectivity index (χ2n) is 5.18. The highest BCUT2D eigenvalue weighted by Gasteiger charge is 2.04. The number of benzene rings is 2. The molecule has 0 saturated carbocycles. The van der Waals surface area contributed by atoms with Crippen LogP contribution in [0.5, 0.6) is 0 Å². The molecule has 0 spiro atoms. The van der Waals surface area contributed by atoms with Crippen molar-refractivity contribution in [3.8, 4) is 0 Å². The number of hydrogen-bond donors (Lipinski definition) is 1. The SMILES string of the molecule is CCc1ccc(/C=C/C(=O)Nc2c(C)cccc2C)cc1. The predicted molar refractivity (Wildman–Crippen MR) is 89.4 cm³/mol. The third-order valence-electron chi connectivity index (χ3n) is 3.54. The molecule has 1 amide bonds. The average Bonchev–Trinajstić information content (AvgIpc) is 2.49. The van der Waals surface area contributed by atoms with Crippen LogP contribution in [0.25, 0.3) is 6.08 Å². The van der Waals surface area contributed by atoms with Crippen molar-refractivity contribution >= 4 is 17.7 Å². The standard InChI is InChI=1S/C19H21NO/c1-4-16-8-10-17(11-9-16)12-13-18(21)20-19-14(2)6-5-7-15(19)3/h5-13H,4H2,1-3H3,(H,20,21)/b13-12+. The zero-order valence-corrected chi connectivity index (χ0v) is 12.8. The van der Waals surface area contributed by atoms with E-state index in [0.717, 1.165) is 28.8 Å². The lowest BCUT2D eigenvalue weighted by atomic mass is 10.1. The molecule has 2 aromatic carbocycles. The minimum absolute atomic E-state index is 0.105. The first-order chi connectivity index (χ1) is 10.1.